The minimum absolute atomic E-state index is 0.109. The van der Waals surface area contributed by atoms with Crippen molar-refractivity contribution >= 4 is 74.7 Å². The van der Waals surface area contributed by atoms with Gasteiger partial charge in [-0.15, -0.1) is 11.4 Å². The molecule has 4 aromatic carbocycles. The number of hydrogen-bond acceptors (Lipinski definition) is 7. The summed E-state index contributed by atoms with van der Waals surface area (Å²) in [6.45, 7) is 8.53. The number of carbonyl (C=O) groups excluding carboxylic acids is 1. The van der Waals surface area contributed by atoms with Crippen molar-refractivity contribution in [2.75, 3.05) is 13.2 Å². The van der Waals surface area contributed by atoms with Crippen LogP contribution in [-0.2, 0) is 28.4 Å². The van der Waals surface area contributed by atoms with Gasteiger partial charge in [0.2, 0.25) is 5.91 Å². The first-order chi connectivity index (χ1) is 41.8. The Morgan fingerprint density at radius 3 is 1.05 bits per heavy atom. The van der Waals surface area contributed by atoms with Crippen LogP contribution in [0.1, 0.15) is 290 Å². The Kier molecular flexibility index (Phi) is 45.0. The highest BCUT2D eigenvalue weighted by molar-refractivity contribution is 8.67. The molecule has 1 N–H and O–H groups in total. The van der Waals surface area contributed by atoms with Gasteiger partial charge in [0.05, 0.1) is 24.0 Å². The molecule has 478 valence electrons. The van der Waals surface area contributed by atoms with E-state index in [1.165, 1.54) is 210 Å². The molecule has 1 amide bonds. The van der Waals surface area contributed by atoms with Gasteiger partial charge in [-0.1, -0.05) is 378 Å². The number of carbonyl (C=O) groups is 1. The minimum Gasteiger partial charge on any atom is -0.494 e. The van der Waals surface area contributed by atoms with E-state index >= 15 is 4.79 Å². The fourth-order valence-corrected chi connectivity index (χ4v) is 24.9. The molecule has 0 spiro atoms. The summed E-state index contributed by atoms with van der Waals surface area (Å²) in [4.78, 5) is 16.1. The summed E-state index contributed by atoms with van der Waals surface area (Å²) in [5.41, 5.74) is 0. The molecule has 0 fully saturated rings. The SMILES string of the molecule is CCCCCCCCCCC(CCCCCCCCCCOc1ccccc1)(NC(=O)C(CCCCCCC)C(CCCCCCCCCC)(CCCCCCCCCCOc1ccccc1)S[PH](=S)c1ccccc1)S[PH](=S)c1ccccc1. The van der Waals surface area contributed by atoms with Crippen molar-refractivity contribution in [2.24, 2.45) is 5.92 Å². The molecular formula is C75H121NO3P2S4. The monoisotopic (exact) mass is 1270 g/mol. The van der Waals surface area contributed by atoms with E-state index in [9.17, 15) is 0 Å². The summed E-state index contributed by atoms with van der Waals surface area (Å²) in [5.74, 6) is -0.772. The second kappa shape index (κ2) is 50.7. The Labute approximate surface area is 542 Å². The Morgan fingerprint density at radius 2 is 0.682 bits per heavy atom. The second-order valence-corrected chi connectivity index (χ2v) is 36.7. The maximum absolute atomic E-state index is 16.6. The third-order valence-electron chi connectivity index (χ3n) is 17.4. The van der Waals surface area contributed by atoms with Gasteiger partial charge in [0.25, 0.3) is 0 Å². The highest BCUT2D eigenvalue weighted by Gasteiger charge is 2.46. The van der Waals surface area contributed by atoms with Crippen molar-refractivity contribution in [3.63, 3.8) is 0 Å². The van der Waals surface area contributed by atoms with Crippen LogP contribution in [0.2, 0.25) is 0 Å². The van der Waals surface area contributed by atoms with Gasteiger partial charge in [-0.3, -0.25) is 4.79 Å². The molecule has 0 saturated carbocycles. The maximum atomic E-state index is 16.6. The number of hydrogen-bond donors (Lipinski definition) is 1. The Balaban J connectivity index is 1.63. The van der Waals surface area contributed by atoms with Crippen molar-refractivity contribution in [1.29, 1.82) is 0 Å². The molecule has 5 atom stereocenters. The van der Waals surface area contributed by atoms with Gasteiger partial charge in [-0.05, 0) is 79.8 Å². The van der Waals surface area contributed by atoms with Gasteiger partial charge in [0.1, 0.15) is 11.5 Å². The van der Waals surface area contributed by atoms with E-state index in [0.29, 0.717) is 5.91 Å². The van der Waals surface area contributed by atoms with Crippen LogP contribution in [0.25, 0.3) is 0 Å². The van der Waals surface area contributed by atoms with E-state index < -0.39 is 16.7 Å². The van der Waals surface area contributed by atoms with Crippen molar-refractivity contribution in [2.45, 2.75) is 300 Å². The summed E-state index contributed by atoms with van der Waals surface area (Å²) in [5, 5.41) is 6.75. The molecule has 0 bridgehead atoms. The van der Waals surface area contributed by atoms with Gasteiger partial charge in [0.15, 0.2) is 0 Å². The van der Waals surface area contributed by atoms with E-state index in [2.05, 4.69) is 110 Å². The lowest BCUT2D eigenvalue weighted by molar-refractivity contribution is -0.127. The molecule has 4 rings (SSSR count). The number of amides is 1. The molecule has 85 heavy (non-hydrogen) atoms. The average molecular weight is 1280 g/mol. The van der Waals surface area contributed by atoms with Crippen LogP contribution in [0.5, 0.6) is 11.5 Å². The molecular weight excluding hydrogens is 1150 g/mol. The number of nitrogens with one attached hydrogen (secondary N) is 1. The Morgan fingerprint density at radius 1 is 0.388 bits per heavy atom. The summed E-state index contributed by atoms with van der Waals surface area (Å²) in [6.07, 6.45) is 51.0. The number of unbranched alkanes of at least 4 members (excludes halogenated alkanes) is 32. The van der Waals surface area contributed by atoms with Crippen molar-refractivity contribution < 1.29 is 14.3 Å². The molecule has 0 saturated heterocycles. The van der Waals surface area contributed by atoms with Crippen molar-refractivity contribution in [3.8, 4) is 11.5 Å². The molecule has 0 aliphatic heterocycles. The minimum atomic E-state index is -1.47. The van der Waals surface area contributed by atoms with Crippen molar-refractivity contribution in [3.05, 3.63) is 121 Å². The van der Waals surface area contributed by atoms with Crippen LogP contribution in [0.3, 0.4) is 0 Å². The second-order valence-electron chi connectivity index (χ2n) is 24.7. The largest absolute Gasteiger partial charge is 0.494 e. The standard InChI is InChI=1S/C75H121NO3P2S4/c1-4-7-10-13-15-21-28-47-62-74(84-80(82)70-57-42-36-43-58-70,63-48-29-22-17-19-25-32-51-66-78-68-53-38-34-39-54-68)72(61-46-27-12-9-6-3)73(77)76-75(64-49-30-23-16-14-11-8-5-2,85-81(83)71-59-44-37-45-60-71)65-50-31-24-18-20-26-33-52-67-79-69-55-40-35-41-56-69/h34-45,53-60,72,80-81H,4-33,46-52,61-67H2,1-3H3,(H,76,77). The first-order valence-electron chi connectivity index (χ1n) is 35.1. The van der Waals surface area contributed by atoms with Crippen LogP contribution in [-0.4, -0.2) is 28.7 Å². The average Bonchev–Trinajstić information content (AvgIpc) is 3.54. The maximum Gasteiger partial charge on any atom is 0.225 e. The number of rotatable bonds is 57. The molecule has 0 aliphatic rings. The quantitative estimate of drug-likeness (QED) is 0.0268. The predicted octanol–water partition coefficient (Wildman–Crippen LogP) is 24.1. The summed E-state index contributed by atoms with van der Waals surface area (Å²) in [7, 11) is 0. The summed E-state index contributed by atoms with van der Waals surface area (Å²) < 4.78 is 11.8. The zero-order valence-electron chi connectivity index (χ0n) is 54.1. The normalized spacial score (nSPS) is 14.1. The first-order valence-corrected chi connectivity index (χ1v) is 43.4. The zero-order valence-corrected chi connectivity index (χ0v) is 59.4. The Hall–Kier alpha value is -2.05. The first kappa shape index (κ1) is 75.4. The molecule has 5 unspecified atom stereocenters. The highest BCUT2D eigenvalue weighted by Crippen LogP contribution is 2.57. The van der Waals surface area contributed by atoms with E-state index in [1.807, 2.05) is 59.9 Å². The van der Waals surface area contributed by atoms with Crippen LogP contribution >= 0.6 is 34.6 Å². The van der Waals surface area contributed by atoms with Crippen LogP contribution < -0.4 is 25.4 Å². The molecule has 0 aliphatic carbocycles. The van der Waals surface area contributed by atoms with Gasteiger partial charge in [-0.25, -0.2) is 0 Å². The fraction of sp³-hybridized carbons (Fsp3) is 0.667. The third kappa shape index (κ3) is 35.2. The summed E-state index contributed by atoms with van der Waals surface area (Å²) in [6, 6.07) is 42.5. The lowest BCUT2D eigenvalue weighted by Gasteiger charge is -2.43. The van der Waals surface area contributed by atoms with E-state index in [4.69, 9.17) is 33.1 Å². The lowest BCUT2D eigenvalue weighted by Crippen LogP contribution is -2.52. The predicted molar refractivity (Wildman–Crippen MR) is 391 cm³/mol. The smallest absolute Gasteiger partial charge is 0.225 e. The lowest BCUT2D eigenvalue weighted by atomic mass is 9.78. The molecule has 10 heteroatoms. The van der Waals surface area contributed by atoms with Crippen LogP contribution in [0.15, 0.2) is 121 Å². The topological polar surface area (TPSA) is 47.6 Å². The van der Waals surface area contributed by atoms with E-state index in [0.717, 1.165) is 95.3 Å². The number of benzene rings is 4. The molecule has 4 aromatic rings. The van der Waals surface area contributed by atoms with E-state index in [-0.39, 0.29) is 10.7 Å². The van der Waals surface area contributed by atoms with Crippen LogP contribution in [0.4, 0.5) is 0 Å². The third-order valence-corrected chi connectivity index (χ3v) is 29.2. The molecule has 0 heterocycles. The van der Waals surface area contributed by atoms with Crippen LogP contribution in [0, 0.1) is 5.92 Å². The number of ether oxygens (including phenoxy) is 2. The zero-order chi connectivity index (χ0) is 60.4. The highest BCUT2D eigenvalue weighted by atomic mass is 32.9. The van der Waals surface area contributed by atoms with Gasteiger partial charge in [-0.2, -0.15) is 0 Å². The molecule has 4 nitrogen and oxygen atoms in total. The molecule has 0 radical (unpaired) electrons. The van der Waals surface area contributed by atoms with E-state index in [1.54, 1.807) is 0 Å². The number of para-hydroxylation sites is 2. The van der Waals surface area contributed by atoms with Gasteiger partial charge >= 0.3 is 0 Å². The van der Waals surface area contributed by atoms with Gasteiger partial charge in [0, 0.05) is 16.5 Å². The summed E-state index contributed by atoms with van der Waals surface area (Å²) >= 11 is 17.6. The Bertz CT molecular complexity index is 2230. The fourth-order valence-electron chi connectivity index (χ4n) is 12.2. The van der Waals surface area contributed by atoms with Gasteiger partial charge < -0.3 is 14.8 Å². The molecule has 0 aromatic heterocycles. The van der Waals surface area contributed by atoms with Crippen molar-refractivity contribution in [1.82, 2.24) is 5.32 Å².